The topological polar surface area (TPSA) is 70.7 Å². The molecule has 154 valence electrons. The van der Waals surface area contributed by atoms with E-state index in [1.807, 2.05) is 61.5 Å². The number of rotatable bonds is 9. The summed E-state index contributed by atoms with van der Waals surface area (Å²) < 4.78 is 35.7. The van der Waals surface area contributed by atoms with Crippen LogP contribution in [0.4, 0.5) is 11.4 Å². The molecule has 6 nitrogen and oxygen atoms in total. The van der Waals surface area contributed by atoms with Gasteiger partial charge in [-0.1, -0.05) is 0 Å². The van der Waals surface area contributed by atoms with E-state index in [9.17, 15) is 8.42 Å². The first-order chi connectivity index (χ1) is 13.4. The number of ether oxygens (including phenoxy) is 1. The molecule has 0 bridgehead atoms. The molecule has 0 radical (unpaired) electrons. The molecule has 1 heterocycles. The SMILES string of the molecule is C[I-]CCC(c1ccc2c(c1)Nc1ccccc1O2)S(=O)(=O)NCCN(C)C. The molecular weight excluding hydrogens is 489 g/mol. The zero-order valence-corrected chi connectivity index (χ0v) is 19.4. The van der Waals surface area contributed by atoms with E-state index in [1.165, 1.54) is 0 Å². The molecule has 2 N–H and O–H groups in total. The van der Waals surface area contributed by atoms with Crippen LogP contribution in [0.2, 0.25) is 0 Å². The van der Waals surface area contributed by atoms with Gasteiger partial charge in [-0.3, -0.25) is 0 Å². The summed E-state index contributed by atoms with van der Waals surface area (Å²) in [5.74, 6) is 1.48. The monoisotopic (exact) mass is 516 g/mol. The number of fused-ring (bicyclic) bond motifs is 2. The summed E-state index contributed by atoms with van der Waals surface area (Å²) in [4.78, 5) is 4.15. The van der Waals surface area contributed by atoms with Crippen molar-refractivity contribution in [1.82, 2.24) is 9.62 Å². The van der Waals surface area contributed by atoms with Gasteiger partial charge in [0.2, 0.25) is 0 Å². The zero-order chi connectivity index (χ0) is 20.1. The molecule has 0 aliphatic carbocycles. The standard InChI is InChI=1S/C20H27IN3O3S/c1-21-11-10-20(28(25,26)22-12-13-24(2)3)15-8-9-19-17(14-15)23-16-6-4-5-7-18(16)27-19/h4-9,14,20,22-23H,10-13H2,1-3H3/q-1. The summed E-state index contributed by atoms with van der Waals surface area (Å²) in [6, 6.07) is 13.4. The van der Waals surface area contributed by atoms with E-state index in [-0.39, 0.29) is 21.2 Å². The van der Waals surface area contributed by atoms with Crippen molar-refractivity contribution in [3.05, 3.63) is 48.0 Å². The molecule has 0 amide bonds. The predicted octanol–water partition coefficient (Wildman–Crippen LogP) is 0.167. The summed E-state index contributed by atoms with van der Waals surface area (Å²) in [5, 5.41) is 2.80. The van der Waals surface area contributed by atoms with Gasteiger partial charge in [0.15, 0.2) is 0 Å². The van der Waals surface area contributed by atoms with Crippen molar-refractivity contribution in [2.75, 3.05) is 41.9 Å². The van der Waals surface area contributed by atoms with E-state index in [0.717, 1.165) is 27.1 Å². The molecule has 8 heteroatoms. The van der Waals surface area contributed by atoms with Crippen LogP contribution < -0.4 is 36.0 Å². The Morgan fingerprint density at radius 3 is 2.64 bits per heavy atom. The van der Waals surface area contributed by atoms with Crippen LogP contribution in [0.5, 0.6) is 11.5 Å². The average Bonchev–Trinajstić information content (AvgIpc) is 2.66. The molecule has 28 heavy (non-hydrogen) atoms. The van der Waals surface area contributed by atoms with Crippen molar-refractivity contribution in [3.8, 4) is 11.5 Å². The van der Waals surface area contributed by atoms with Crippen LogP contribution in [-0.2, 0) is 10.0 Å². The number of sulfonamides is 1. The van der Waals surface area contributed by atoms with Crippen LogP contribution >= 0.6 is 0 Å². The summed E-state index contributed by atoms with van der Waals surface area (Å²) in [5.41, 5.74) is 2.48. The normalized spacial score (nSPS) is 14.1. The number of hydrogen-bond donors (Lipinski definition) is 2. The van der Waals surface area contributed by atoms with Gasteiger partial charge in [-0.05, 0) is 0 Å². The molecule has 0 fully saturated rings. The van der Waals surface area contributed by atoms with E-state index in [0.29, 0.717) is 25.3 Å². The number of nitrogens with zero attached hydrogens (tertiary/aromatic N) is 1. The Morgan fingerprint density at radius 1 is 1.14 bits per heavy atom. The van der Waals surface area contributed by atoms with Gasteiger partial charge in [-0.25, -0.2) is 0 Å². The van der Waals surface area contributed by atoms with Crippen LogP contribution in [0.1, 0.15) is 17.2 Å². The molecule has 1 aliphatic rings. The Bertz CT molecular complexity index is 919. The van der Waals surface area contributed by atoms with Crippen LogP contribution in [0, 0.1) is 0 Å². The molecule has 0 spiro atoms. The Hall–Kier alpha value is -1.36. The maximum absolute atomic E-state index is 13.0. The zero-order valence-electron chi connectivity index (χ0n) is 16.4. The van der Waals surface area contributed by atoms with Crippen molar-refractivity contribution in [3.63, 3.8) is 0 Å². The molecular formula is C20H27IN3O3S-. The molecule has 2 aromatic rings. The summed E-state index contributed by atoms with van der Waals surface area (Å²) in [6.07, 6.45) is 0.636. The molecule has 1 unspecified atom stereocenters. The van der Waals surface area contributed by atoms with Crippen LogP contribution in [0.15, 0.2) is 42.5 Å². The van der Waals surface area contributed by atoms with Crippen LogP contribution in [0.3, 0.4) is 0 Å². The molecule has 0 aromatic heterocycles. The number of nitrogens with one attached hydrogen (secondary N) is 2. The fourth-order valence-corrected chi connectivity index (χ4v) is 6.26. The van der Waals surface area contributed by atoms with E-state index >= 15 is 0 Å². The number of anilines is 2. The second kappa shape index (κ2) is 9.43. The first kappa shape index (κ1) is 21.4. The summed E-state index contributed by atoms with van der Waals surface area (Å²) in [7, 11) is 0.404. The third-order valence-corrected chi connectivity index (χ3v) is 8.11. The van der Waals surface area contributed by atoms with Gasteiger partial charge in [-0.2, -0.15) is 0 Å². The number of halogens is 1. The third kappa shape index (κ3) is 5.16. The van der Waals surface area contributed by atoms with Gasteiger partial charge in [0.25, 0.3) is 0 Å². The quantitative estimate of drug-likeness (QED) is 0.314. The molecule has 0 saturated heterocycles. The minimum absolute atomic E-state index is 0.0233. The molecule has 3 rings (SSSR count). The van der Waals surface area contributed by atoms with Gasteiger partial charge < -0.3 is 0 Å². The van der Waals surface area contributed by atoms with Gasteiger partial charge in [0.05, 0.1) is 0 Å². The fraction of sp³-hybridized carbons (Fsp3) is 0.400. The Labute approximate surface area is 178 Å². The number of benzene rings is 2. The number of para-hydroxylation sites is 2. The van der Waals surface area contributed by atoms with E-state index < -0.39 is 15.3 Å². The molecule has 2 aromatic carbocycles. The van der Waals surface area contributed by atoms with E-state index in [2.05, 4.69) is 15.0 Å². The Balaban J connectivity index is 1.85. The Kier molecular flexibility index (Phi) is 7.19. The molecule has 0 saturated carbocycles. The fourth-order valence-electron chi connectivity index (χ4n) is 3.08. The van der Waals surface area contributed by atoms with Gasteiger partial charge in [0, 0.05) is 0 Å². The van der Waals surface area contributed by atoms with Crippen molar-refractivity contribution in [2.45, 2.75) is 11.7 Å². The van der Waals surface area contributed by atoms with Gasteiger partial charge >= 0.3 is 178 Å². The van der Waals surface area contributed by atoms with E-state index in [4.69, 9.17) is 4.74 Å². The van der Waals surface area contributed by atoms with Crippen LogP contribution in [-0.4, -0.2) is 49.9 Å². The summed E-state index contributed by atoms with van der Waals surface area (Å²) >= 11 is 0.0233. The first-order valence-electron chi connectivity index (χ1n) is 9.15. The van der Waals surface area contributed by atoms with Crippen molar-refractivity contribution >= 4 is 21.4 Å². The average molecular weight is 516 g/mol. The van der Waals surface area contributed by atoms with Crippen molar-refractivity contribution in [1.29, 1.82) is 0 Å². The number of hydrogen-bond acceptors (Lipinski definition) is 5. The van der Waals surface area contributed by atoms with Crippen molar-refractivity contribution in [2.24, 2.45) is 0 Å². The van der Waals surface area contributed by atoms with Crippen LogP contribution in [0.25, 0.3) is 0 Å². The van der Waals surface area contributed by atoms with Crippen molar-refractivity contribution < 1.29 is 34.4 Å². The number of likely N-dealkylation sites (N-methyl/N-ethyl adjacent to an activating group) is 1. The van der Waals surface area contributed by atoms with Gasteiger partial charge in [-0.15, -0.1) is 0 Å². The Morgan fingerprint density at radius 2 is 1.89 bits per heavy atom. The second-order valence-electron chi connectivity index (χ2n) is 6.96. The predicted molar refractivity (Wildman–Crippen MR) is 110 cm³/mol. The molecule has 1 atom stereocenters. The minimum atomic E-state index is -3.46. The number of alkyl halides is 2. The maximum atomic E-state index is 13.0. The van der Waals surface area contributed by atoms with Gasteiger partial charge in [0.1, 0.15) is 0 Å². The molecule has 1 aliphatic heterocycles. The first-order valence-corrected chi connectivity index (χ1v) is 14.4. The van der Waals surface area contributed by atoms with E-state index in [1.54, 1.807) is 0 Å². The third-order valence-electron chi connectivity index (χ3n) is 4.55. The summed E-state index contributed by atoms with van der Waals surface area (Å²) in [6.45, 7) is 1.08. The second-order valence-corrected chi connectivity index (χ2v) is 11.5.